The fourth-order valence-electron chi connectivity index (χ4n) is 1.40. The molecule has 0 aliphatic carbocycles. The second-order valence-electron chi connectivity index (χ2n) is 3.84. The molecule has 1 atom stereocenters. The maximum absolute atomic E-state index is 13.8. The van der Waals surface area contributed by atoms with Gasteiger partial charge in [-0.1, -0.05) is 6.92 Å². The molecule has 0 aliphatic rings. The highest BCUT2D eigenvalue weighted by Gasteiger charge is 2.11. The summed E-state index contributed by atoms with van der Waals surface area (Å²) >= 11 is 4.86. The average molecular weight is 317 g/mol. The number of anilines is 1. The lowest BCUT2D eigenvalue weighted by Gasteiger charge is -2.13. The van der Waals surface area contributed by atoms with Gasteiger partial charge in [0.05, 0.1) is 15.7 Å². The van der Waals surface area contributed by atoms with Crippen molar-refractivity contribution in [1.82, 2.24) is 0 Å². The molecule has 0 amide bonds. The molecule has 0 radical (unpaired) electrons. The Labute approximate surface area is 114 Å². The molecule has 5 heteroatoms. The summed E-state index contributed by atoms with van der Waals surface area (Å²) in [5.74, 6) is 1.10. The molecule has 1 rings (SSSR count). The molecule has 0 saturated heterocycles. The minimum atomic E-state index is -0.402. The minimum absolute atomic E-state index is 0.225. The first-order valence-electron chi connectivity index (χ1n) is 5.21. The van der Waals surface area contributed by atoms with Gasteiger partial charge in [0.1, 0.15) is 6.07 Å². The highest BCUT2D eigenvalue weighted by Crippen LogP contribution is 2.26. The fourth-order valence-corrected chi connectivity index (χ4v) is 2.52. The lowest BCUT2D eigenvalue weighted by molar-refractivity contribution is 0.618. The zero-order chi connectivity index (χ0) is 12.8. The predicted octanol–water partition coefficient (Wildman–Crippen LogP) is 3.87. The molecule has 1 N–H and O–H groups in total. The van der Waals surface area contributed by atoms with Crippen LogP contribution in [0.1, 0.15) is 12.5 Å². The fraction of sp³-hybridized carbons (Fsp3) is 0.417. The van der Waals surface area contributed by atoms with Crippen molar-refractivity contribution in [3.8, 4) is 6.07 Å². The van der Waals surface area contributed by atoms with Crippen LogP contribution in [-0.4, -0.2) is 18.6 Å². The normalized spacial score (nSPS) is 11.9. The third kappa shape index (κ3) is 3.90. The number of nitrogens with zero attached hydrogens (tertiary/aromatic N) is 1. The Morgan fingerprint density at radius 3 is 2.88 bits per heavy atom. The topological polar surface area (TPSA) is 35.8 Å². The standard InChI is InChI=1S/C12H14BrFN2S/c1-8(7-17-2)6-16-10-4-3-9(5-15)11(13)12(10)14/h3-4,8,16H,6-7H2,1-2H3. The van der Waals surface area contributed by atoms with E-state index in [9.17, 15) is 4.39 Å². The molecule has 1 unspecified atom stereocenters. The predicted molar refractivity (Wildman–Crippen MR) is 74.9 cm³/mol. The zero-order valence-corrected chi connectivity index (χ0v) is 12.2. The summed E-state index contributed by atoms with van der Waals surface area (Å²) in [4.78, 5) is 0. The average Bonchev–Trinajstić information content (AvgIpc) is 2.31. The van der Waals surface area contributed by atoms with Gasteiger partial charge in [0.25, 0.3) is 0 Å². The van der Waals surface area contributed by atoms with Gasteiger partial charge in [-0.15, -0.1) is 0 Å². The van der Waals surface area contributed by atoms with Gasteiger partial charge in [0, 0.05) is 6.54 Å². The second-order valence-corrected chi connectivity index (χ2v) is 5.55. The molecule has 2 nitrogen and oxygen atoms in total. The van der Waals surface area contributed by atoms with Crippen LogP contribution in [0, 0.1) is 23.1 Å². The van der Waals surface area contributed by atoms with E-state index in [0.717, 1.165) is 12.3 Å². The van der Waals surface area contributed by atoms with Gasteiger partial charge in [0.2, 0.25) is 0 Å². The molecule has 0 spiro atoms. The molecule has 1 aromatic carbocycles. The van der Waals surface area contributed by atoms with E-state index in [0.29, 0.717) is 17.2 Å². The first kappa shape index (κ1) is 14.3. The van der Waals surface area contributed by atoms with Crippen LogP contribution in [0.5, 0.6) is 0 Å². The number of benzene rings is 1. The lowest BCUT2D eigenvalue weighted by atomic mass is 10.2. The van der Waals surface area contributed by atoms with Crippen LogP contribution in [-0.2, 0) is 0 Å². The molecule has 0 aromatic heterocycles. The Kier molecular flexibility index (Phi) is 5.79. The third-order valence-corrected chi connectivity index (χ3v) is 3.97. The van der Waals surface area contributed by atoms with E-state index in [2.05, 4.69) is 34.4 Å². The van der Waals surface area contributed by atoms with Crippen molar-refractivity contribution in [1.29, 1.82) is 5.26 Å². The van der Waals surface area contributed by atoms with E-state index in [1.165, 1.54) is 0 Å². The van der Waals surface area contributed by atoms with Crippen molar-refractivity contribution in [2.24, 2.45) is 5.92 Å². The van der Waals surface area contributed by atoms with Crippen LogP contribution >= 0.6 is 27.7 Å². The Hall–Kier alpha value is -0.730. The van der Waals surface area contributed by atoms with Crippen molar-refractivity contribution in [3.63, 3.8) is 0 Å². The first-order valence-corrected chi connectivity index (χ1v) is 7.39. The highest BCUT2D eigenvalue weighted by molar-refractivity contribution is 9.10. The monoisotopic (exact) mass is 316 g/mol. The van der Waals surface area contributed by atoms with Crippen molar-refractivity contribution < 1.29 is 4.39 Å². The molecular formula is C12H14BrFN2S. The maximum atomic E-state index is 13.8. The Balaban J connectivity index is 2.73. The summed E-state index contributed by atoms with van der Waals surface area (Å²) in [6.07, 6.45) is 2.05. The smallest absolute Gasteiger partial charge is 0.161 e. The van der Waals surface area contributed by atoms with Crippen molar-refractivity contribution in [2.75, 3.05) is 23.9 Å². The first-order chi connectivity index (χ1) is 8.10. The molecule has 17 heavy (non-hydrogen) atoms. The van der Waals surface area contributed by atoms with E-state index in [4.69, 9.17) is 5.26 Å². The van der Waals surface area contributed by atoms with Gasteiger partial charge in [-0.05, 0) is 46.0 Å². The highest BCUT2D eigenvalue weighted by atomic mass is 79.9. The van der Waals surface area contributed by atoms with Crippen LogP contribution in [0.4, 0.5) is 10.1 Å². The molecule has 0 aliphatic heterocycles. The van der Waals surface area contributed by atoms with Gasteiger partial charge in [-0.2, -0.15) is 17.0 Å². The van der Waals surface area contributed by atoms with Gasteiger partial charge < -0.3 is 5.32 Å². The number of hydrogen-bond acceptors (Lipinski definition) is 3. The molecular weight excluding hydrogens is 303 g/mol. The van der Waals surface area contributed by atoms with E-state index in [1.54, 1.807) is 23.9 Å². The molecule has 0 saturated carbocycles. The van der Waals surface area contributed by atoms with E-state index in [1.807, 2.05) is 6.07 Å². The van der Waals surface area contributed by atoms with Gasteiger partial charge in [0.15, 0.2) is 5.82 Å². The molecule has 1 aromatic rings. The van der Waals surface area contributed by atoms with Crippen LogP contribution < -0.4 is 5.32 Å². The van der Waals surface area contributed by atoms with E-state index in [-0.39, 0.29) is 4.47 Å². The molecule has 0 heterocycles. The van der Waals surface area contributed by atoms with Crippen LogP contribution in [0.3, 0.4) is 0 Å². The van der Waals surface area contributed by atoms with E-state index >= 15 is 0 Å². The van der Waals surface area contributed by atoms with E-state index < -0.39 is 5.82 Å². The minimum Gasteiger partial charge on any atom is -0.382 e. The number of thioether (sulfide) groups is 1. The summed E-state index contributed by atoms with van der Waals surface area (Å²) in [5.41, 5.74) is 0.744. The molecule has 0 bridgehead atoms. The van der Waals surface area contributed by atoms with Crippen molar-refractivity contribution in [3.05, 3.63) is 28.0 Å². The second kappa shape index (κ2) is 6.87. The quantitative estimate of drug-likeness (QED) is 0.895. The van der Waals surface area contributed by atoms with Crippen LogP contribution in [0.2, 0.25) is 0 Å². The largest absolute Gasteiger partial charge is 0.382 e. The molecule has 0 fully saturated rings. The molecule has 92 valence electrons. The number of rotatable bonds is 5. The van der Waals surface area contributed by atoms with Gasteiger partial charge >= 0.3 is 0 Å². The Morgan fingerprint density at radius 2 is 2.29 bits per heavy atom. The van der Waals surface area contributed by atoms with Gasteiger partial charge in [-0.3, -0.25) is 0 Å². The summed E-state index contributed by atoms with van der Waals surface area (Å²) < 4.78 is 14.0. The summed E-state index contributed by atoms with van der Waals surface area (Å²) in [6.45, 7) is 2.83. The Morgan fingerprint density at radius 1 is 1.59 bits per heavy atom. The van der Waals surface area contributed by atoms with Gasteiger partial charge in [-0.25, -0.2) is 4.39 Å². The number of nitriles is 1. The zero-order valence-electron chi connectivity index (χ0n) is 9.76. The third-order valence-electron chi connectivity index (χ3n) is 2.29. The Bertz CT molecular complexity index is 431. The maximum Gasteiger partial charge on any atom is 0.161 e. The number of halogens is 2. The van der Waals surface area contributed by atoms with Crippen LogP contribution in [0.25, 0.3) is 0 Å². The summed E-state index contributed by atoms with van der Waals surface area (Å²) in [5, 5.41) is 11.8. The van der Waals surface area contributed by atoms with Crippen molar-refractivity contribution in [2.45, 2.75) is 6.92 Å². The van der Waals surface area contributed by atoms with Crippen molar-refractivity contribution >= 4 is 33.4 Å². The SMILES string of the molecule is CSCC(C)CNc1ccc(C#N)c(Br)c1F. The number of hydrogen-bond donors (Lipinski definition) is 1. The number of nitrogens with one attached hydrogen (secondary N) is 1. The lowest BCUT2D eigenvalue weighted by Crippen LogP contribution is -2.14. The summed E-state index contributed by atoms with van der Waals surface area (Å²) in [6, 6.07) is 5.14. The van der Waals surface area contributed by atoms with Crippen LogP contribution in [0.15, 0.2) is 16.6 Å². The summed E-state index contributed by atoms with van der Waals surface area (Å²) in [7, 11) is 0.